The van der Waals surface area contributed by atoms with Gasteiger partial charge in [0.05, 0.1) is 12.1 Å². The Labute approximate surface area is 159 Å². The highest BCUT2D eigenvalue weighted by Crippen LogP contribution is 2.13. The minimum atomic E-state index is -1.31. The standard InChI is InChI=1S/C21H25N3O3/c1-14(17-10-6-4-7-11-17)22-20(26)19(24-16(3)25)21(27)23-15(2)18-12-8-5-9-13-18/h4-15,19H,1-3H3,(H,22,26)(H,23,27)(H,24,25)/t14-,15-/m0/s1. The highest BCUT2D eigenvalue weighted by Gasteiger charge is 2.29. The molecule has 3 N–H and O–H groups in total. The largest absolute Gasteiger partial charge is 0.347 e. The third-order valence-corrected chi connectivity index (χ3v) is 4.19. The van der Waals surface area contributed by atoms with Gasteiger partial charge in [-0.05, 0) is 25.0 Å². The minimum Gasteiger partial charge on any atom is -0.347 e. The molecule has 2 rings (SSSR count). The molecule has 0 aromatic heterocycles. The van der Waals surface area contributed by atoms with Gasteiger partial charge >= 0.3 is 0 Å². The molecule has 0 bridgehead atoms. The molecule has 142 valence electrons. The first-order valence-corrected chi connectivity index (χ1v) is 8.86. The first-order chi connectivity index (χ1) is 12.9. The topological polar surface area (TPSA) is 87.3 Å². The number of amides is 3. The van der Waals surface area contributed by atoms with Gasteiger partial charge in [-0.1, -0.05) is 60.7 Å². The molecule has 0 heterocycles. The molecule has 3 amide bonds. The van der Waals surface area contributed by atoms with E-state index in [-0.39, 0.29) is 12.1 Å². The van der Waals surface area contributed by atoms with Crippen LogP contribution < -0.4 is 16.0 Å². The van der Waals surface area contributed by atoms with Gasteiger partial charge in [-0.25, -0.2) is 0 Å². The van der Waals surface area contributed by atoms with E-state index < -0.39 is 23.8 Å². The van der Waals surface area contributed by atoms with Crippen molar-refractivity contribution in [2.24, 2.45) is 0 Å². The number of rotatable bonds is 7. The van der Waals surface area contributed by atoms with Gasteiger partial charge in [0.15, 0.2) is 6.04 Å². The summed E-state index contributed by atoms with van der Waals surface area (Å²) >= 11 is 0. The summed E-state index contributed by atoms with van der Waals surface area (Å²) in [5, 5.41) is 7.99. The Bertz CT molecular complexity index is 718. The average molecular weight is 367 g/mol. The molecule has 0 fully saturated rings. The molecule has 6 heteroatoms. The lowest BCUT2D eigenvalue weighted by molar-refractivity contribution is -0.136. The first kappa shape index (κ1) is 20.2. The summed E-state index contributed by atoms with van der Waals surface area (Å²) in [5.74, 6) is -1.57. The Morgan fingerprint density at radius 2 is 1.04 bits per heavy atom. The second-order valence-corrected chi connectivity index (χ2v) is 6.42. The summed E-state index contributed by atoms with van der Waals surface area (Å²) in [6.07, 6.45) is 0. The Morgan fingerprint density at radius 3 is 1.37 bits per heavy atom. The molecule has 0 radical (unpaired) electrons. The van der Waals surface area contributed by atoms with Crippen molar-refractivity contribution in [1.82, 2.24) is 16.0 Å². The summed E-state index contributed by atoms with van der Waals surface area (Å²) in [6, 6.07) is 16.9. The fourth-order valence-corrected chi connectivity index (χ4v) is 2.70. The molecular formula is C21H25N3O3. The van der Waals surface area contributed by atoms with Crippen LogP contribution in [0.4, 0.5) is 0 Å². The summed E-state index contributed by atoms with van der Waals surface area (Å²) < 4.78 is 0. The van der Waals surface area contributed by atoms with Gasteiger partial charge < -0.3 is 16.0 Å². The maximum Gasteiger partial charge on any atom is 0.252 e. The lowest BCUT2D eigenvalue weighted by atomic mass is 10.1. The second kappa shape index (κ2) is 9.52. The van der Waals surface area contributed by atoms with Crippen molar-refractivity contribution in [2.75, 3.05) is 0 Å². The molecule has 0 aliphatic carbocycles. The van der Waals surface area contributed by atoms with E-state index in [0.29, 0.717) is 0 Å². The summed E-state index contributed by atoms with van der Waals surface area (Å²) in [4.78, 5) is 36.8. The van der Waals surface area contributed by atoms with Crippen LogP contribution in [0.3, 0.4) is 0 Å². The van der Waals surface area contributed by atoms with Gasteiger partial charge in [-0.3, -0.25) is 14.4 Å². The predicted molar refractivity (Wildman–Crippen MR) is 104 cm³/mol. The van der Waals surface area contributed by atoms with E-state index in [1.807, 2.05) is 74.5 Å². The molecule has 2 aromatic rings. The molecule has 2 aromatic carbocycles. The molecule has 0 unspecified atom stereocenters. The van der Waals surface area contributed by atoms with Crippen LogP contribution in [0.5, 0.6) is 0 Å². The van der Waals surface area contributed by atoms with E-state index in [1.165, 1.54) is 6.92 Å². The van der Waals surface area contributed by atoms with Crippen LogP contribution in [0, 0.1) is 0 Å². The number of nitrogens with one attached hydrogen (secondary N) is 3. The van der Waals surface area contributed by atoms with Gasteiger partial charge in [0.1, 0.15) is 0 Å². The monoisotopic (exact) mass is 367 g/mol. The number of carbonyl (C=O) groups is 3. The van der Waals surface area contributed by atoms with E-state index in [0.717, 1.165) is 11.1 Å². The molecule has 6 nitrogen and oxygen atoms in total. The SMILES string of the molecule is CC(=O)NC(C(=O)N[C@@H](C)c1ccccc1)C(=O)N[C@@H](C)c1ccccc1. The van der Waals surface area contributed by atoms with Crippen LogP contribution in [0.2, 0.25) is 0 Å². The Morgan fingerprint density at radius 1 is 0.667 bits per heavy atom. The molecule has 0 aliphatic rings. The van der Waals surface area contributed by atoms with Gasteiger partial charge in [0, 0.05) is 6.92 Å². The molecule has 27 heavy (non-hydrogen) atoms. The molecule has 0 saturated carbocycles. The zero-order chi connectivity index (χ0) is 19.8. The van der Waals surface area contributed by atoms with Crippen molar-refractivity contribution >= 4 is 17.7 Å². The van der Waals surface area contributed by atoms with Crippen LogP contribution in [0.25, 0.3) is 0 Å². The zero-order valence-corrected chi connectivity index (χ0v) is 15.7. The Kier molecular flexibility index (Phi) is 7.11. The van der Waals surface area contributed by atoms with E-state index in [9.17, 15) is 14.4 Å². The molecule has 0 spiro atoms. The molecule has 2 atom stereocenters. The number of carbonyl (C=O) groups excluding carboxylic acids is 3. The summed E-state index contributed by atoms with van der Waals surface area (Å²) in [7, 11) is 0. The van der Waals surface area contributed by atoms with Crippen molar-refractivity contribution in [2.45, 2.75) is 38.9 Å². The summed E-state index contributed by atoms with van der Waals surface area (Å²) in [5.41, 5.74) is 1.82. The lowest BCUT2D eigenvalue weighted by Crippen LogP contribution is -2.55. The van der Waals surface area contributed by atoms with E-state index in [2.05, 4.69) is 16.0 Å². The van der Waals surface area contributed by atoms with Crippen LogP contribution in [0.1, 0.15) is 44.0 Å². The second-order valence-electron chi connectivity index (χ2n) is 6.42. The predicted octanol–water partition coefficient (Wildman–Crippen LogP) is 2.25. The fourth-order valence-electron chi connectivity index (χ4n) is 2.70. The lowest BCUT2D eigenvalue weighted by Gasteiger charge is -2.22. The highest BCUT2D eigenvalue weighted by molar-refractivity contribution is 6.06. The highest BCUT2D eigenvalue weighted by atomic mass is 16.2. The van der Waals surface area contributed by atoms with Crippen molar-refractivity contribution in [3.8, 4) is 0 Å². The number of hydrogen-bond donors (Lipinski definition) is 3. The molecule has 0 aliphatic heterocycles. The van der Waals surface area contributed by atoms with E-state index >= 15 is 0 Å². The first-order valence-electron chi connectivity index (χ1n) is 8.86. The minimum absolute atomic E-state index is 0.297. The third kappa shape index (κ3) is 5.95. The third-order valence-electron chi connectivity index (χ3n) is 4.19. The fraction of sp³-hybridized carbons (Fsp3) is 0.286. The van der Waals surface area contributed by atoms with Crippen molar-refractivity contribution in [3.63, 3.8) is 0 Å². The van der Waals surface area contributed by atoms with E-state index in [4.69, 9.17) is 0 Å². The maximum atomic E-state index is 12.6. The van der Waals surface area contributed by atoms with Crippen LogP contribution in [-0.2, 0) is 14.4 Å². The average Bonchev–Trinajstić information content (AvgIpc) is 2.67. The van der Waals surface area contributed by atoms with Gasteiger partial charge in [0.2, 0.25) is 5.91 Å². The van der Waals surface area contributed by atoms with Gasteiger partial charge in [0.25, 0.3) is 11.8 Å². The van der Waals surface area contributed by atoms with Crippen molar-refractivity contribution in [3.05, 3.63) is 71.8 Å². The zero-order valence-electron chi connectivity index (χ0n) is 15.7. The number of hydrogen-bond acceptors (Lipinski definition) is 3. The number of benzene rings is 2. The van der Waals surface area contributed by atoms with Gasteiger partial charge in [-0.15, -0.1) is 0 Å². The quantitative estimate of drug-likeness (QED) is 0.656. The molecule has 0 saturated heterocycles. The van der Waals surface area contributed by atoms with Crippen LogP contribution in [-0.4, -0.2) is 23.8 Å². The van der Waals surface area contributed by atoms with Crippen LogP contribution >= 0.6 is 0 Å². The Hall–Kier alpha value is -3.15. The summed E-state index contributed by atoms with van der Waals surface area (Å²) in [6.45, 7) is 4.92. The maximum absolute atomic E-state index is 12.6. The van der Waals surface area contributed by atoms with Crippen molar-refractivity contribution < 1.29 is 14.4 Å². The Balaban J connectivity index is 2.07. The van der Waals surface area contributed by atoms with Gasteiger partial charge in [-0.2, -0.15) is 0 Å². The van der Waals surface area contributed by atoms with Crippen LogP contribution in [0.15, 0.2) is 60.7 Å². The smallest absolute Gasteiger partial charge is 0.252 e. The van der Waals surface area contributed by atoms with Crippen molar-refractivity contribution in [1.29, 1.82) is 0 Å². The molecular weight excluding hydrogens is 342 g/mol. The normalized spacial score (nSPS) is 12.7. The van der Waals surface area contributed by atoms with E-state index in [1.54, 1.807) is 0 Å².